The largest absolute Gasteiger partial charge is 0.490 e. The SMILES string of the molecule is CS(=O)(=O)c1ccc(C/C(=C/F)CN)cc1.O=C(O)C(F)(F)F. The van der Waals surface area contributed by atoms with Crippen LogP contribution in [0.25, 0.3) is 0 Å². The van der Waals surface area contributed by atoms with Gasteiger partial charge in [0, 0.05) is 12.8 Å². The summed E-state index contributed by atoms with van der Waals surface area (Å²) in [5, 5.41) is 7.12. The molecule has 0 aliphatic rings. The summed E-state index contributed by atoms with van der Waals surface area (Å²) in [6.45, 7) is 0.157. The van der Waals surface area contributed by atoms with Gasteiger partial charge in [0.2, 0.25) is 0 Å². The fourth-order valence-electron chi connectivity index (χ4n) is 1.27. The minimum absolute atomic E-state index is 0.157. The maximum Gasteiger partial charge on any atom is 0.490 e. The van der Waals surface area contributed by atoms with Gasteiger partial charge in [0.15, 0.2) is 9.84 Å². The number of sulfone groups is 1. The first-order chi connectivity index (χ1) is 10.4. The molecule has 0 atom stereocenters. The highest BCUT2D eigenvalue weighted by molar-refractivity contribution is 7.90. The van der Waals surface area contributed by atoms with E-state index in [0.717, 1.165) is 11.8 Å². The molecular weight excluding hydrogens is 342 g/mol. The van der Waals surface area contributed by atoms with E-state index in [-0.39, 0.29) is 11.4 Å². The fourth-order valence-corrected chi connectivity index (χ4v) is 1.90. The smallest absolute Gasteiger partial charge is 0.475 e. The molecule has 0 aliphatic heterocycles. The molecule has 0 saturated heterocycles. The molecule has 1 rings (SSSR count). The van der Waals surface area contributed by atoms with Crippen LogP contribution in [0, 0.1) is 0 Å². The molecule has 0 spiro atoms. The van der Waals surface area contributed by atoms with Crippen molar-refractivity contribution in [2.45, 2.75) is 17.5 Å². The summed E-state index contributed by atoms with van der Waals surface area (Å²) in [5.41, 5.74) is 6.64. The van der Waals surface area contributed by atoms with Crippen molar-refractivity contribution in [2.24, 2.45) is 5.73 Å². The first-order valence-electron chi connectivity index (χ1n) is 5.99. The Morgan fingerprint density at radius 2 is 1.70 bits per heavy atom. The normalized spacial score (nSPS) is 12.3. The summed E-state index contributed by atoms with van der Waals surface area (Å²) in [6, 6.07) is 6.35. The van der Waals surface area contributed by atoms with E-state index in [0.29, 0.717) is 18.3 Å². The topological polar surface area (TPSA) is 97.5 Å². The fraction of sp³-hybridized carbons (Fsp3) is 0.308. The molecule has 0 saturated carbocycles. The molecule has 1 aromatic rings. The van der Waals surface area contributed by atoms with Crippen molar-refractivity contribution in [3.05, 3.63) is 41.7 Å². The first-order valence-corrected chi connectivity index (χ1v) is 7.88. The van der Waals surface area contributed by atoms with Gasteiger partial charge in [-0.2, -0.15) is 13.2 Å². The van der Waals surface area contributed by atoms with E-state index in [2.05, 4.69) is 0 Å². The van der Waals surface area contributed by atoms with Gasteiger partial charge in [0.1, 0.15) is 0 Å². The molecule has 3 N–H and O–H groups in total. The van der Waals surface area contributed by atoms with Crippen molar-refractivity contribution >= 4 is 15.8 Å². The average molecular weight is 357 g/mol. The molecule has 130 valence electrons. The molecule has 10 heteroatoms. The average Bonchev–Trinajstić information content (AvgIpc) is 2.44. The molecule has 0 amide bonds. The van der Waals surface area contributed by atoms with Gasteiger partial charge in [0.05, 0.1) is 11.2 Å². The number of carboxylic acid groups (broad SMARTS) is 1. The molecule has 1 aromatic carbocycles. The van der Waals surface area contributed by atoms with E-state index in [1.807, 2.05) is 0 Å². The Morgan fingerprint density at radius 1 is 1.26 bits per heavy atom. The van der Waals surface area contributed by atoms with Gasteiger partial charge in [-0.3, -0.25) is 0 Å². The third kappa shape index (κ3) is 8.31. The quantitative estimate of drug-likeness (QED) is 0.804. The second kappa shape index (κ2) is 8.63. The van der Waals surface area contributed by atoms with Crippen molar-refractivity contribution in [2.75, 3.05) is 12.8 Å². The predicted octanol–water partition coefficient (Wildman–Crippen LogP) is 2.08. The number of carboxylic acids is 1. The predicted molar refractivity (Wildman–Crippen MR) is 75.2 cm³/mol. The Morgan fingerprint density at radius 3 is 1.96 bits per heavy atom. The lowest BCUT2D eigenvalue weighted by Crippen LogP contribution is -2.21. The maximum absolute atomic E-state index is 12.3. The van der Waals surface area contributed by atoms with Crippen molar-refractivity contribution < 1.29 is 35.9 Å². The standard InChI is InChI=1S/C11H14FNO2S.C2HF3O2/c1-16(14,15)11-4-2-9(3-5-11)6-10(7-12)8-13;3-2(4,5)1(6)7/h2-5,7H,6,8,13H2,1H3;(H,6,7)/b10-7-;. The molecule has 0 unspecified atom stereocenters. The van der Waals surface area contributed by atoms with E-state index >= 15 is 0 Å². The number of halogens is 4. The van der Waals surface area contributed by atoms with E-state index in [9.17, 15) is 26.0 Å². The Balaban J connectivity index is 0.000000585. The first kappa shape index (κ1) is 21.1. The maximum atomic E-state index is 12.3. The minimum atomic E-state index is -5.08. The monoisotopic (exact) mass is 357 g/mol. The zero-order chi connectivity index (χ0) is 18.3. The van der Waals surface area contributed by atoms with Gasteiger partial charge in [-0.15, -0.1) is 0 Å². The summed E-state index contributed by atoms with van der Waals surface area (Å²) in [5.74, 6) is -2.76. The van der Waals surface area contributed by atoms with Crippen LogP contribution in [0.3, 0.4) is 0 Å². The number of rotatable bonds is 4. The molecule has 23 heavy (non-hydrogen) atoms. The third-order valence-electron chi connectivity index (χ3n) is 2.44. The van der Waals surface area contributed by atoms with Gasteiger partial charge < -0.3 is 10.8 Å². The number of alkyl halides is 3. The van der Waals surface area contributed by atoms with Crippen LogP contribution in [0.15, 0.2) is 41.1 Å². The number of carbonyl (C=O) groups is 1. The van der Waals surface area contributed by atoms with Crippen molar-refractivity contribution in [3.63, 3.8) is 0 Å². The molecule has 0 radical (unpaired) electrons. The molecular formula is C13H15F4NO4S. The van der Waals surface area contributed by atoms with Crippen molar-refractivity contribution in [1.82, 2.24) is 0 Å². The van der Waals surface area contributed by atoms with Gasteiger partial charge >= 0.3 is 12.1 Å². The van der Waals surface area contributed by atoms with Gasteiger partial charge in [-0.1, -0.05) is 12.1 Å². The number of aliphatic carboxylic acids is 1. The Kier molecular flexibility index (Phi) is 7.90. The Labute approximate surface area is 130 Å². The van der Waals surface area contributed by atoms with Gasteiger partial charge in [0.25, 0.3) is 0 Å². The second-order valence-corrected chi connectivity index (χ2v) is 6.38. The van der Waals surface area contributed by atoms with Gasteiger partial charge in [-0.25, -0.2) is 17.6 Å². The summed E-state index contributed by atoms with van der Waals surface area (Å²) in [7, 11) is -3.17. The van der Waals surface area contributed by atoms with Crippen LogP contribution in [0.4, 0.5) is 17.6 Å². The lowest BCUT2D eigenvalue weighted by molar-refractivity contribution is -0.192. The summed E-state index contributed by atoms with van der Waals surface area (Å²) in [6.07, 6.45) is -3.05. The molecule has 0 aliphatic carbocycles. The lowest BCUT2D eigenvalue weighted by atomic mass is 10.1. The van der Waals surface area contributed by atoms with Crippen molar-refractivity contribution in [3.8, 4) is 0 Å². The number of hydrogen-bond donors (Lipinski definition) is 2. The number of nitrogens with two attached hydrogens (primary N) is 1. The van der Waals surface area contributed by atoms with Gasteiger partial charge in [-0.05, 0) is 29.7 Å². The highest BCUT2D eigenvalue weighted by atomic mass is 32.2. The number of benzene rings is 1. The van der Waals surface area contributed by atoms with Crippen LogP contribution >= 0.6 is 0 Å². The second-order valence-electron chi connectivity index (χ2n) is 4.37. The van der Waals surface area contributed by atoms with Crippen LogP contribution in [-0.2, 0) is 21.1 Å². The zero-order valence-electron chi connectivity index (χ0n) is 12.0. The summed E-state index contributed by atoms with van der Waals surface area (Å²) < 4.78 is 66.4. The van der Waals surface area contributed by atoms with Crippen LogP contribution in [0.2, 0.25) is 0 Å². The van der Waals surface area contributed by atoms with E-state index < -0.39 is 22.0 Å². The van der Waals surface area contributed by atoms with Crippen molar-refractivity contribution in [1.29, 1.82) is 0 Å². The molecule has 0 aromatic heterocycles. The highest BCUT2D eigenvalue weighted by Crippen LogP contribution is 2.13. The third-order valence-corrected chi connectivity index (χ3v) is 3.57. The minimum Gasteiger partial charge on any atom is -0.475 e. The Bertz CT molecular complexity index is 652. The van der Waals surface area contributed by atoms with Crippen LogP contribution < -0.4 is 5.73 Å². The Hall–Kier alpha value is -1.94. The van der Waals surface area contributed by atoms with E-state index in [1.54, 1.807) is 12.1 Å². The van der Waals surface area contributed by atoms with Crippen LogP contribution in [0.1, 0.15) is 5.56 Å². The van der Waals surface area contributed by atoms with Crippen LogP contribution in [0.5, 0.6) is 0 Å². The highest BCUT2D eigenvalue weighted by Gasteiger charge is 2.38. The summed E-state index contributed by atoms with van der Waals surface area (Å²) in [4.78, 5) is 9.15. The molecule has 0 bridgehead atoms. The van der Waals surface area contributed by atoms with Crippen LogP contribution in [-0.4, -0.2) is 38.5 Å². The molecule has 0 fully saturated rings. The molecule has 5 nitrogen and oxygen atoms in total. The summed E-state index contributed by atoms with van der Waals surface area (Å²) >= 11 is 0. The number of hydrogen-bond acceptors (Lipinski definition) is 4. The van der Waals surface area contributed by atoms with E-state index in [1.165, 1.54) is 12.1 Å². The zero-order valence-corrected chi connectivity index (χ0v) is 12.8. The lowest BCUT2D eigenvalue weighted by Gasteiger charge is -2.04. The molecule has 0 heterocycles. The van der Waals surface area contributed by atoms with E-state index in [4.69, 9.17) is 15.6 Å².